The van der Waals surface area contributed by atoms with Crippen LogP contribution in [0.3, 0.4) is 0 Å². The van der Waals surface area contributed by atoms with Crippen molar-refractivity contribution in [2.24, 2.45) is 0 Å². The molecule has 1 unspecified atom stereocenters. The first kappa shape index (κ1) is 15.8. The number of aryl methyl sites for hydroxylation is 2. The lowest BCUT2D eigenvalue weighted by atomic mass is 10.1. The zero-order valence-electron chi connectivity index (χ0n) is 13.0. The van der Waals surface area contributed by atoms with Gasteiger partial charge in [-0.05, 0) is 32.4 Å². The van der Waals surface area contributed by atoms with Gasteiger partial charge >= 0.3 is 0 Å². The number of nitro benzene ring substituents is 1. The van der Waals surface area contributed by atoms with Gasteiger partial charge in [-0.25, -0.2) is 0 Å². The molecule has 0 aliphatic rings. The number of non-ortho nitro benzene ring substituents is 1. The second-order valence-corrected chi connectivity index (χ2v) is 5.27. The minimum atomic E-state index is -0.443. The Balaban J connectivity index is 2.27. The van der Waals surface area contributed by atoms with E-state index >= 15 is 0 Å². The molecule has 0 radical (unpaired) electrons. The predicted molar refractivity (Wildman–Crippen MR) is 81.8 cm³/mol. The van der Waals surface area contributed by atoms with Crippen LogP contribution in [0.15, 0.2) is 34.7 Å². The molecule has 0 saturated carbocycles. The lowest BCUT2D eigenvalue weighted by Crippen LogP contribution is -2.29. The van der Waals surface area contributed by atoms with E-state index in [1.165, 1.54) is 12.1 Å². The zero-order chi connectivity index (χ0) is 16.4. The molecule has 2 rings (SSSR count). The lowest BCUT2D eigenvalue weighted by molar-refractivity contribution is -0.384. The quantitative estimate of drug-likeness (QED) is 0.638. The minimum absolute atomic E-state index is 0.0144. The molecule has 0 bridgehead atoms. The summed E-state index contributed by atoms with van der Waals surface area (Å²) < 4.78 is 5.39. The monoisotopic (exact) mass is 302 g/mol. The molecule has 0 saturated heterocycles. The largest absolute Gasteiger partial charge is 0.466 e. The average molecular weight is 302 g/mol. The Morgan fingerprint density at radius 2 is 2.00 bits per heavy atom. The fourth-order valence-corrected chi connectivity index (χ4v) is 2.33. The third-order valence-electron chi connectivity index (χ3n) is 3.74. The molecule has 22 heavy (non-hydrogen) atoms. The second-order valence-electron chi connectivity index (χ2n) is 5.27. The minimum Gasteiger partial charge on any atom is -0.466 e. The fraction of sp³-hybridized carbons (Fsp3) is 0.312. The van der Waals surface area contributed by atoms with E-state index in [2.05, 4.69) is 0 Å². The van der Waals surface area contributed by atoms with Gasteiger partial charge in [0.1, 0.15) is 11.5 Å². The van der Waals surface area contributed by atoms with Crippen LogP contribution in [0.1, 0.15) is 40.4 Å². The van der Waals surface area contributed by atoms with E-state index in [1.54, 1.807) is 44.0 Å². The van der Waals surface area contributed by atoms with Gasteiger partial charge in [0, 0.05) is 19.2 Å². The normalized spacial score (nSPS) is 12.0. The molecule has 116 valence electrons. The highest BCUT2D eigenvalue weighted by Crippen LogP contribution is 2.25. The molecular formula is C16H18N2O4. The van der Waals surface area contributed by atoms with Crippen LogP contribution in [0.25, 0.3) is 0 Å². The van der Waals surface area contributed by atoms with E-state index in [9.17, 15) is 14.9 Å². The molecule has 1 atom stereocenters. The van der Waals surface area contributed by atoms with Gasteiger partial charge in [0.2, 0.25) is 0 Å². The summed E-state index contributed by atoms with van der Waals surface area (Å²) in [6.07, 6.45) is 0. The second kappa shape index (κ2) is 6.01. The van der Waals surface area contributed by atoms with Gasteiger partial charge in [-0.3, -0.25) is 14.9 Å². The summed E-state index contributed by atoms with van der Waals surface area (Å²) >= 11 is 0. The molecular weight excluding hydrogens is 284 g/mol. The van der Waals surface area contributed by atoms with Gasteiger partial charge in [0.25, 0.3) is 11.6 Å². The van der Waals surface area contributed by atoms with E-state index in [-0.39, 0.29) is 17.6 Å². The van der Waals surface area contributed by atoms with Crippen molar-refractivity contribution in [3.05, 3.63) is 63.1 Å². The van der Waals surface area contributed by atoms with Crippen molar-refractivity contribution >= 4 is 11.6 Å². The first-order chi connectivity index (χ1) is 10.3. The molecule has 1 aromatic heterocycles. The Bertz CT molecular complexity index is 721. The van der Waals surface area contributed by atoms with Crippen molar-refractivity contribution in [2.75, 3.05) is 7.05 Å². The van der Waals surface area contributed by atoms with E-state index in [1.807, 2.05) is 6.92 Å². The molecule has 1 aromatic carbocycles. The van der Waals surface area contributed by atoms with Crippen LogP contribution < -0.4 is 0 Å². The van der Waals surface area contributed by atoms with Crippen molar-refractivity contribution in [1.29, 1.82) is 0 Å². The van der Waals surface area contributed by atoms with Crippen LogP contribution in [0.4, 0.5) is 5.69 Å². The molecule has 6 nitrogen and oxygen atoms in total. The molecule has 0 spiro atoms. The number of nitrogens with zero attached hydrogens (tertiary/aromatic N) is 2. The summed E-state index contributed by atoms with van der Waals surface area (Å²) in [7, 11) is 1.67. The third-order valence-corrected chi connectivity index (χ3v) is 3.74. The van der Waals surface area contributed by atoms with Crippen molar-refractivity contribution in [3.8, 4) is 0 Å². The molecule has 0 aliphatic heterocycles. The number of carbonyl (C=O) groups excluding carboxylic acids is 1. The van der Waals surface area contributed by atoms with Gasteiger partial charge in [0.15, 0.2) is 0 Å². The summed E-state index contributed by atoms with van der Waals surface area (Å²) in [5, 5.41) is 10.9. The van der Waals surface area contributed by atoms with Crippen LogP contribution in [-0.4, -0.2) is 22.8 Å². The van der Waals surface area contributed by atoms with E-state index in [0.717, 1.165) is 0 Å². The molecule has 1 heterocycles. The summed E-state index contributed by atoms with van der Waals surface area (Å²) in [6.45, 7) is 5.36. The number of hydrogen-bond acceptors (Lipinski definition) is 4. The number of benzene rings is 1. The Morgan fingerprint density at radius 3 is 2.55 bits per heavy atom. The highest BCUT2D eigenvalue weighted by Gasteiger charge is 2.23. The molecule has 0 fully saturated rings. The smallest absolute Gasteiger partial charge is 0.269 e. The zero-order valence-corrected chi connectivity index (χ0v) is 13.0. The first-order valence-electron chi connectivity index (χ1n) is 6.89. The van der Waals surface area contributed by atoms with Crippen LogP contribution in [0.2, 0.25) is 0 Å². The molecule has 1 amide bonds. The van der Waals surface area contributed by atoms with Gasteiger partial charge in [-0.15, -0.1) is 0 Å². The summed E-state index contributed by atoms with van der Waals surface area (Å²) in [6, 6.07) is 7.73. The molecule has 6 heteroatoms. The molecule has 0 N–H and O–H groups in total. The number of hydrogen-bond donors (Lipinski definition) is 0. The van der Waals surface area contributed by atoms with Crippen molar-refractivity contribution in [1.82, 2.24) is 4.90 Å². The third kappa shape index (κ3) is 3.00. The van der Waals surface area contributed by atoms with Crippen molar-refractivity contribution in [2.45, 2.75) is 26.8 Å². The van der Waals surface area contributed by atoms with Gasteiger partial charge in [0.05, 0.1) is 16.5 Å². The summed E-state index contributed by atoms with van der Waals surface area (Å²) in [5.74, 6) is 1.08. The van der Waals surface area contributed by atoms with E-state index in [4.69, 9.17) is 4.42 Å². The number of carbonyl (C=O) groups is 1. The maximum atomic E-state index is 12.5. The van der Waals surface area contributed by atoms with Crippen LogP contribution >= 0.6 is 0 Å². The molecule has 0 aliphatic carbocycles. The average Bonchev–Trinajstić information content (AvgIpc) is 2.83. The van der Waals surface area contributed by atoms with Crippen molar-refractivity contribution in [3.63, 3.8) is 0 Å². The highest BCUT2D eigenvalue weighted by atomic mass is 16.6. The van der Waals surface area contributed by atoms with E-state index < -0.39 is 4.92 Å². The number of furan rings is 1. The van der Waals surface area contributed by atoms with Crippen LogP contribution in [0.5, 0.6) is 0 Å². The maximum Gasteiger partial charge on any atom is 0.269 e. The predicted octanol–water partition coefficient (Wildman–Crippen LogP) is 3.64. The summed E-state index contributed by atoms with van der Waals surface area (Å²) in [4.78, 5) is 24.5. The Hall–Kier alpha value is -2.63. The van der Waals surface area contributed by atoms with E-state index in [0.29, 0.717) is 22.6 Å². The number of rotatable bonds is 4. The topological polar surface area (TPSA) is 76.6 Å². The van der Waals surface area contributed by atoms with Gasteiger partial charge < -0.3 is 9.32 Å². The number of amides is 1. The van der Waals surface area contributed by atoms with Crippen molar-refractivity contribution < 1.29 is 14.1 Å². The Labute approximate surface area is 128 Å². The van der Waals surface area contributed by atoms with Crippen LogP contribution in [-0.2, 0) is 0 Å². The Kier molecular flexibility index (Phi) is 4.30. The molecule has 2 aromatic rings. The first-order valence-corrected chi connectivity index (χ1v) is 6.89. The fourth-order valence-electron chi connectivity index (χ4n) is 2.33. The maximum absolute atomic E-state index is 12.5. The summed E-state index contributed by atoms with van der Waals surface area (Å²) in [5.41, 5.74) is 1.24. The van der Waals surface area contributed by atoms with Gasteiger partial charge in [-0.1, -0.05) is 12.1 Å². The lowest BCUT2D eigenvalue weighted by Gasteiger charge is -2.25. The SMILES string of the molecule is Cc1cc(C(=O)N(C)C(C)c2cccc([N+](=O)[O-])c2)c(C)o1. The standard InChI is InChI=1S/C16H18N2O4/c1-10-8-15(12(3)22-10)16(19)17(4)11(2)13-6-5-7-14(9-13)18(20)21/h5-9,11H,1-4H3. The number of nitro groups is 1. The van der Waals surface area contributed by atoms with Crippen LogP contribution in [0, 0.1) is 24.0 Å². The highest BCUT2D eigenvalue weighted by molar-refractivity contribution is 5.95. The Morgan fingerprint density at radius 1 is 1.32 bits per heavy atom. The van der Waals surface area contributed by atoms with Gasteiger partial charge in [-0.2, -0.15) is 0 Å².